The molecule has 10 heteroatoms. The van der Waals surface area contributed by atoms with Gasteiger partial charge < -0.3 is 35.1 Å². The zero-order valence-corrected chi connectivity index (χ0v) is 21.7. The number of benzene rings is 1. The van der Waals surface area contributed by atoms with Crippen LogP contribution >= 0.6 is 0 Å². The standard InChI is InChI=1S/C26H38N2O8/c1-15-8-20(29)21(30)9-18(15)23(32)35-13-17(36-24(33)19-10-25(19,2)3)11-28-26(4,5)14-27-22(31)16-6-7-34-12-16/h8-9,16-17,19,28-30H,6-7,10-14H2,1-5H3,(H,27,31). The molecule has 3 unspecified atom stereocenters. The van der Waals surface area contributed by atoms with E-state index in [1.54, 1.807) is 6.92 Å². The first-order chi connectivity index (χ1) is 16.8. The molecule has 4 N–H and O–H groups in total. The summed E-state index contributed by atoms with van der Waals surface area (Å²) in [6.07, 6.45) is 0.682. The molecule has 36 heavy (non-hydrogen) atoms. The third-order valence-electron chi connectivity index (χ3n) is 6.84. The quantitative estimate of drug-likeness (QED) is 0.262. The topological polar surface area (TPSA) is 143 Å². The molecule has 2 fully saturated rings. The van der Waals surface area contributed by atoms with Gasteiger partial charge in [0.1, 0.15) is 12.7 Å². The second-order valence-corrected chi connectivity index (χ2v) is 11.1. The van der Waals surface area contributed by atoms with E-state index in [1.165, 1.54) is 6.07 Å². The first-order valence-electron chi connectivity index (χ1n) is 12.3. The van der Waals surface area contributed by atoms with Crippen LogP contribution in [-0.2, 0) is 23.8 Å². The van der Waals surface area contributed by atoms with Crippen molar-refractivity contribution >= 4 is 17.8 Å². The van der Waals surface area contributed by atoms with Crippen LogP contribution in [0.25, 0.3) is 0 Å². The lowest BCUT2D eigenvalue weighted by atomic mass is 10.0. The molecule has 0 aromatic heterocycles. The van der Waals surface area contributed by atoms with Crippen LogP contribution in [0.4, 0.5) is 0 Å². The number of nitrogens with one attached hydrogen (secondary N) is 2. The first kappa shape index (κ1) is 27.7. The van der Waals surface area contributed by atoms with E-state index in [0.29, 0.717) is 31.7 Å². The van der Waals surface area contributed by atoms with E-state index in [9.17, 15) is 24.6 Å². The molecule has 1 amide bonds. The molecule has 1 heterocycles. The molecule has 1 saturated carbocycles. The molecule has 1 aliphatic heterocycles. The Morgan fingerprint density at radius 3 is 2.50 bits per heavy atom. The van der Waals surface area contributed by atoms with Gasteiger partial charge in [-0.3, -0.25) is 9.59 Å². The van der Waals surface area contributed by atoms with Gasteiger partial charge in [-0.1, -0.05) is 13.8 Å². The number of hydrogen-bond acceptors (Lipinski definition) is 9. The highest BCUT2D eigenvalue weighted by molar-refractivity contribution is 5.92. The summed E-state index contributed by atoms with van der Waals surface area (Å²) in [4.78, 5) is 37.6. The minimum Gasteiger partial charge on any atom is -0.504 e. The predicted molar refractivity (Wildman–Crippen MR) is 131 cm³/mol. The van der Waals surface area contributed by atoms with Gasteiger partial charge in [-0.05, 0) is 56.7 Å². The van der Waals surface area contributed by atoms with Gasteiger partial charge in [0.25, 0.3) is 0 Å². The SMILES string of the molecule is Cc1cc(O)c(O)cc1C(=O)OCC(CNC(C)(C)CNC(=O)C1CCOC1)OC(=O)C1CC1(C)C. The Hall–Kier alpha value is -2.85. The zero-order valence-electron chi connectivity index (χ0n) is 21.7. The number of amides is 1. The van der Waals surface area contributed by atoms with Crippen molar-refractivity contribution < 1.29 is 38.8 Å². The molecule has 1 aromatic carbocycles. The van der Waals surface area contributed by atoms with Crippen LogP contribution in [0.15, 0.2) is 12.1 Å². The van der Waals surface area contributed by atoms with Crippen molar-refractivity contribution in [2.45, 2.75) is 59.1 Å². The van der Waals surface area contributed by atoms with Crippen LogP contribution in [0.2, 0.25) is 0 Å². The molecule has 0 radical (unpaired) electrons. The molecule has 1 saturated heterocycles. The summed E-state index contributed by atoms with van der Waals surface area (Å²) in [5.41, 5.74) is -0.0983. The second kappa shape index (κ2) is 11.0. The molecular weight excluding hydrogens is 468 g/mol. The first-order valence-corrected chi connectivity index (χ1v) is 12.3. The molecule has 3 atom stereocenters. The second-order valence-electron chi connectivity index (χ2n) is 11.1. The number of rotatable bonds is 11. The number of aromatic hydroxyl groups is 2. The predicted octanol–water partition coefficient (Wildman–Crippen LogP) is 2.04. The lowest BCUT2D eigenvalue weighted by Crippen LogP contribution is -2.53. The number of hydrogen-bond donors (Lipinski definition) is 4. The van der Waals surface area contributed by atoms with E-state index in [1.807, 2.05) is 27.7 Å². The molecule has 1 aromatic rings. The van der Waals surface area contributed by atoms with Gasteiger partial charge >= 0.3 is 11.9 Å². The number of phenolic OH excluding ortho intramolecular Hbond substituents is 2. The third-order valence-corrected chi connectivity index (χ3v) is 6.84. The highest BCUT2D eigenvalue weighted by atomic mass is 16.6. The minimum absolute atomic E-state index is 0.0530. The monoisotopic (exact) mass is 506 g/mol. The number of esters is 2. The number of carbonyl (C=O) groups is 3. The maximum absolute atomic E-state index is 12.6. The summed E-state index contributed by atoms with van der Waals surface area (Å²) in [5.74, 6) is -2.20. The van der Waals surface area contributed by atoms with Crippen molar-refractivity contribution in [2.75, 3.05) is 32.9 Å². The smallest absolute Gasteiger partial charge is 0.338 e. The van der Waals surface area contributed by atoms with Crippen LogP contribution in [-0.4, -0.2) is 72.6 Å². The zero-order chi connectivity index (χ0) is 26.7. The summed E-state index contributed by atoms with van der Waals surface area (Å²) in [5, 5.41) is 25.6. The normalized spacial score (nSPS) is 21.5. The van der Waals surface area contributed by atoms with Crippen molar-refractivity contribution in [3.8, 4) is 11.5 Å². The lowest BCUT2D eigenvalue weighted by Gasteiger charge is -2.29. The van der Waals surface area contributed by atoms with Crippen molar-refractivity contribution in [3.63, 3.8) is 0 Å². The maximum Gasteiger partial charge on any atom is 0.338 e. The summed E-state index contributed by atoms with van der Waals surface area (Å²) in [6.45, 7) is 10.8. The average molecular weight is 507 g/mol. The fraction of sp³-hybridized carbons (Fsp3) is 0.654. The van der Waals surface area contributed by atoms with Crippen LogP contribution in [0.5, 0.6) is 11.5 Å². The van der Waals surface area contributed by atoms with Gasteiger partial charge in [0.2, 0.25) is 5.91 Å². The Kier molecular flexibility index (Phi) is 8.51. The van der Waals surface area contributed by atoms with Crippen molar-refractivity contribution in [1.82, 2.24) is 10.6 Å². The maximum atomic E-state index is 12.6. The van der Waals surface area contributed by atoms with Gasteiger partial charge in [0, 0.05) is 25.2 Å². The summed E-state index contributed by atoms with van der Waals surface area (Å²) in [6, 6.07) is 2.41. The molecular formula is C26H38N2O8. The Morgan fingerprint density at radius 1 is 1.22 bits per heavy atom. The van der Waals surface area contributed by atoms with Crippen LogP contribution in [0.3, 0.4) is 0 Å². The van der Waals surface area contributed by atoms with Crippen molar-refractivity contribution in [2.24, 2.45) is 17.3 Å². The number of carbonyl (C=O) groups excluding carboxylic acids is 3. The molecule has 0 bridgehead atoms. The summed E-state index contributed by atoms with van der Waals surface area (Å²) < 4.78 is 16.4. The van der Waals surface area contributed by atoms with Crippen LogP contribution in [0, 0.1) is 24.2 Å². The van der Waals surface area contributed by atoms with E-state index in [0.717, 1.165) is 12.5 Å². The Labute approximate surface area is 211 Å². The summed E-state index contributed by atoms with van der Waals surface area (Å²) in [7, 11) is 0. The van der Waals surface area contributed by atoms with Gasteiger partial charge in [-0.15, -0.1) is 0 Å². The van der Waals surface area contributed by atoms with E-state index in [-0.39, 0.29) is 53.6 Å². The Balaban J connectivity index is 1.58. The van der Waals surface area contributed by atoms with Crippen LogP contribution in [0.1, 0.15) is 56.5 Å². The van der Waals surface area contributed by atoms with E-state index >= 15 is 0 Å². The molecule has 2 aliphatic rings. The number of aryl methyl sites for hydroxylation is 1. The number of phenols is 2. The van der Waals surface area contributed by atoms with Gasteiger partial charge in [-0.2, -0.15) is 0 Å². The van der Waals surface area contributed by atoms with Crippen molar-refractivity contribution in [1.29, 1.82) is 0 Å². The number of ether oxygens (including phenoxy) is 3. The van der Waals surface area contributed by atoms with Gasteiger partial charge in [0.05, 0.1) is 24.0 Å². The molecule has 10 nitrogen and oxygen atoms in total. The molecule has 200 valence electrons. The Morgan fingerprint density at radius 2 is 1.89 bits per heavy atom. The fourth-order valence-corrected chi connectivity index (χ4v) is 4.04. The van der Waals surface area contributed by atoms with E-state index < -0.39 is 23.4 Å². The van der Waals surface area contributed by atoms with E-state index in [2.05, 4.69) is 10.6 Å². The third kappa shape index (κ3) is 7.33. The largest absolute Gasteiger partial charge is 0.504 e. The molecule has 1 aliphatic carbocycles. The van der Waals surface area contributed by atoms with Crippen molar-refractivity contribution in [3.05, 3.63) is 23.3 Å². The highest BCUT2D eigenvalue weighted by Crippen LogP contribution is 2.52. The summed E-state index contributed by atoms with van der Waals surface area (Å²) >= 11 is 0. The molecule has 0 spiro atoms. The fourth-order valence-electron chi connectivity index (χ4n) is 4.04. The Bertz CT molecular complexity index is 984. The molecule has 3 rings (SSSR count). The van der Waals surface area contributed by atoms with E-state index in [4.69, 9.17) is 14.2 Å². The lowest BCUT2D eigenvalue weighted by molar-refractivity contribution is -0.153. The average Bonchev–Trinajstić information content (AvgIpc) is 3.19. The highest BCUT2D eigenvalue weighted by Gasteiger charge is 2.52. The minimum atomic E-state index is -0.762. The van der Waals surface area contributed by atoms with Gasteiger partial charge in [-0.25, -0.2) is 4.79 Å². The van der Waals surface area contributed by atoms with Gasteiger partial charge in [0.15, 0.2) is 11.5 Å². The van der Waals surface area contributed by atoms with Crippen LogP contribution < -0.4 is 10.6 Å².